The van der Waals surface area contributed by atoms with E-state index in [2.05, 4.69) is 24.1 Å². The lowest BCUT2D eigenvalue weighted by Gasteiger charge is -2.20. The van der Waals surface area contributed by atoms with Gasteiger partial charge in [-0.05, 0) is 37.7 Å². The van der Waals surface area contributed by atoms with E-state index in [9.17, 15) is 8.42 Å². The van der Waals surface area contributed by atoms with Crippen LogP contribution in [0.2, 0.25) is 0 Å². The Morgan fingerprint density at radius 1 is 1.30 bits per heavy atom. The van der Waals surface area contributed by atoms with Gasteiger partial charge in [-0.1, -0.05) is 26.0 Å². The van der Waals surface area contributed by atoms with E-state index in [0.29, 0.717) is 0 Å². The number of nitrogens with zero attached hydrogens (tertiary/aromatic N) is 1. The summed E-state index contributed by atoms with van der Waals surface area (Å²) in [5.74, 6) is 0. The summed E-state index contributed by atoms with van der Waals surface area (Å²) in [5.41, 5.74) is 0.927. The van der Waals surface area contributed by atoms with Crippen LogP contribution in [0.3, 0.4) is 0 Å². The molecule has 0 aliphatic heterocycles. The number of primary sulfonamides is 1. The van der Waals surface area contributed by atoms with Crippen LogP contribution in [0.1, 0.15) is 32.4 Å². The fourth-order valence-corrected chi connectivity index (χ4v) is 2.63. The van der Waals surface area contributed by atoms with E-state index < -0.39 is 10.0 Å². The standard InChI is InChI=1S/C14H25N3O2S/c1-4-17(5-2)10-9-16-12(3)13-7-6-8-14(11-13)20(15,18)19/h6-8,11-12,16H,4-5,9-10H2,1-3H3,(H2,15,18,19). The smallest absolute Gasteiger partial charge is 0.238 e. The minimum absolute atomic E-state index is 0.0901. The van der Waals surface area contributed by atoms with Gasteiger partial charge in [0, 0.05) is 19.1 Å². The van der Waals surface area contributed by atoms with Gasteiger partial charge in [0.25, 0.3) is 0 Å². The van der Waals surface area contributed by atoms with Gasteiger partial charge in [0.15, 0.2) is 0 Å². The van der Waals surface area contributed by atoms with Gasteiger partial charge in [-0.2, -0.15) is 0 Å². The summed E-state index contributed by atoms with van der Waals surface area (Å²) < 4.78 is 22.7. The summed E-state index contributed by atoms with van der Waals surface area (Å²) in [4.78, 5) is 2.49. The van der Waals surface area contributed by atoms with E-state index in [1.54, 1.807) is 12.1 Å². The molecule has 114 valence electrons. The van der Waals surface area contributed by atoms with Gasteiger partial charge in [-0.15, -0.1) is 0 Å². The second-order valence-corrected chi connectivity index (χ2v) is 6.38. The molecule has 1 atom stereocenters. The second kappa shape index (κ2) is 7.73. The SMILES string of the molecule is CCN(CC)CCNC(C)c1cccc(S(N)(=O)=O)c1. The Hall–Kier alpha value is -0.950. The molecule has 1 unspecified atom stereocenters. The van der Waals surface area contributed by atoms with Gasteiger partial charge in [0.2, 0.25) is 10.0 Å². The molecule has 5 nitrogen and oxygen atoms in total. The van der Waals surface area contributed by atoms with Crippen LogP contribution in [0, 0.1) is 0 Å². The average molecular weight is 299 g/mol. The van der Waals surface area contributed by atoms with E-state index in [0.717, 1.165) is 31.7 Å². The maximum Gasteiger partial charge on any atom is 0.238 e. The lowest BCUT2D eigenvalue weighted by atomic mass is 10.1. The fraction of sp³-hybridized carbons (Fsp3) is 0.571. The number of hydrogen-bond donors (Lipinski definition) is 2. The predicted molar refractivity (Wildman–Crippen MR) is 82.0 cm³/mol. The molecule has 0 spiro atoms. The van der Waals surface area contributed by atoms with Crippen LogP contribution in [-0.4, -0.2) is 39.5 Å². The molecule has 0 saturated carbocycles. The first-order chi connectivity index (χ1) is 9.38. The third-order valence-electron chi connectivity index (χ3n) is 3.46. The Morgan fingerprint density at radius 2 is 1.95 bits per heavy atom. The Labute approximate surface area is 122 Å². The summed E-state index contributed by atoms with van der Waals surface area (Å²) in [6.45, 7) is 10.2. The summed E-state index contributed by atoms with van der Waals surface area (Å²) in [6, 6.07) is 6.86. The molecule has 0 aliphatic rings. The van der Waals surface area contributed by atoms with Gasteiger partial charge in [0.1, 0.15) is 0 Å². The van der Waals surface area contributed by atoms with Gasteiger partial charge in [-0.25, -0.2) is 13.6 Å². The molecule has 20 heavy (non-hydrogen) atoms. The molecule has 0 aliphatic carbocycles. The van der Waals surface area contributed by atoms with Crippen molar-refractivity contribution in [1.82, 2.24) is 10.2 Å². The number of sulfonamides is 1. The van der Waals surface area contributed by atoms with Crippen molar-refractivity contribution in [2.24, 2.45) is 5.14 Å². The largest absolute Gasteiger partial charge is 0.309 e. The molecule has 0 aromatic heterocycles. The Kier molecular flexibility index (Phi) is 6.61. The highest BCUT2D eigenvalue weighted by Gasteiger charge is 2.11. The monoisotopic (exact) mass is 299 g/mol. The molecule has 0 saturated heterocycles. The molecule has 1 aromatic rings. The average Bonchev–Trinajstić information content (AvgIpc) is 2.42. The number of rotatable bonds is 8. The lowest BCUT2D eigenvalue weighted by Crippen LogP contribution is -2.33. The maximum atomic E-state index is 11.3. The van der Waals surface area contributed by atoms with E-state index in [1.165, 1.54) is 6.07 Å². The van der Waals surface area contributed by atoms with Gasteiger partial charge >= 0.3 is 0 Å². The van der Waals surface area contributed by atoms with Crippen LogP contribution in [0.15, 0.2) is 29.2 Å². The summed E-state index contributed by atoms with van der Waals surface area (Å²) in [6.07, 6.45) is 0. The molecule has 0 bridgehead atoms. The van der Waals surface area contributed by atoms with Crippen LogP contribution >= 0.6 is 0 Å². The van der Waals surface area contributed by atoms with Gasteiger partial charge < -0.3 is 10.2 Å². The number of nitrogens with two attached hydrogens (primary N) is 1. The van der Waals surface area contributed by atoms with E-state index >= 15 is 0 Å². The Balaban J connectivity index is 2.62. The molecule has 6 heteroatoms. The normalized spacial score (nSPS) is 13.7. The molecule has 3 N–H and O–H groups in total. The predicted octanol–water partition coefficient (Wildman–Crippen LogP) is 1.33. The zero-order chi connectivity index (χ0) is 15.2. The summed E-state index contributed by atoms with van der Waals surface area (Å²) in [5, 5.41) is 8.55. The first-order valence-electron chi connectivity index (χ1n) is 6.97. The summed E-state index contributed by atoms with van der Waals surface area (Å²) >= 11 is 0. The van der Waals surface area contributed by atoms with Crippen molar-refractivity contribution in [3.05, 3.63) is 29.8 Å². The topological polar surface area (TPSA) is 75.4 Å². The van der Waals surface area contributed by atoms with Gasteiger partial charge in [0.05, 0.1) is 4.90 Å². The third kappa shape index (κ3) is 5.20. The number of benzene rings is 1. The minimum atomic E-state index is -3.64. The van der Waals surface area contributed by atoms with Crippen molar-refractivity contribution in [2.45, 2.75) is 31.7 Å². The van der Waals surface area contributed by atoms with Crippen LogP contribution in [0.25, 0.3) is 0 Å². The van der Waals surface area contributed by atoms with Crippen LogP contribution in [-0.2, 0) is 10.0 Å². The number of nitrogens with one attached hydrogen (secondary N) is 1. The quantitative estimate of drug-likeness (QED) is 0.759. The van der Waals surface area contributed by atoms with Crippen molar-refractivity contribution >= 4 is 10.0 Å². The van der Waals surface area contributed by atoms with Crippen molar-refractivity contribution < 1.29 is 8.42 Å². The second-order valence-electron chi connectivity index (χ2n) is 4.82. The molecule has 0 fully saturated rings. The minimum Gasteiger partial charge on any atom is -0.309 e. The Bertz CT molecular complexity index is 513. The molecular weight excluding hydrogens is 274 g/mol. The molecule has 1 rings (SSSR count). The fourth-order valence-electron chi connectivity index (χ4n) is 2.06. The van der Waals surface area contributed by atoms with Crippen LogP contribution < -0.4 is 10.5 Å². The van der Waals surface area contributed by atoms with E-state index in [1.807, 2.05) is 13.0 Å². The summed E-state index contributed by atoms with van der Waals surface area (Å²) in [7, 11) is -3.64. The highest BCUT2D eigenvalue weighted by Crippen LogP contribution is 2.16. The first-order valence-corrected chi connectivity index (χ1v) is 8.51. The van der Waals surface area contributed by atoms with E-state index in [4.69, 9.17) is 5.14 Å². The van der Waals surface area contributed by atoms with Crippen molar-refractivity contribution in [2.75, 3.05) is 26.2 Å². The zero-order valence-electron chi connectivity index (χ0n) is 12.5. The lowest BCUT2D eigenvalue weighted by molar-refractivity contribution is 0.298. The Morgan fingerprint density at radius 3 is 2.50 bits per heavy atom. The molecule has 0 heterocycles. The van der Waals surface area contributed by atoms with E-state index in [-0.39, 0.29) is 10.9 Å². The van der Waals surface area contributed by atoms with Crippen LogP contribution in [0.4, 0.5) is 0 Å². The zero-order valence-corrected chi connectivity index (χ0v) is 13.3. The molecular formula is C14H25N3O2S. The van der Waals surface area contributed by atoms with Crippen LogP contribution in [0.5, 0.6) is 0 Å². The molecule has 0 amide bonds. The molecule has 0 radical (unpaired) electrons. The van der Waals surface area contributed by atoms with Gasteiger partial charge in [-0.3, -0.25) is 0 Å². The third-order valence-corrected chi connectivity index (χ3v) is 4.37. The van der Waals surface area contributed by atoms with Crippen molar-refractivity contribution in [3.8, 4) is 0 Å². The first kappa shape index (κ1) is 17.1. The van der Waals surface area contributed by atoms with Crippen molar-refractivity contribution in [3.63, 3.8) is 0 Å². The number of hydrogen-bond acceptors (Lipinski definition) is 4. The molecule has 1 aromatic carbocycles. The number of likely N-dealkylation sites (N-methyl/N-ethyl adjacent to an activating group) is 1. The highest BCUT2D eigenvalue weighted by atomic mass is 32.2. The highest BCUT2D eigenvalue weighted by molar-refractivity contribution is 7.89. The van der Waals surface area contributed by atoms with Crippen molar-refractivity contribution in [1.29, 1.82) is 0 Å². The maximum absolute atomic E-state index is 11.3.